The molecule has 1 N–H and O–H groups in total. The summed E-state index contributed by atoms with van der Waals surface area (Å²) in [6.07, 6.45) is 0. The molecular weight excluding hydrogens is 394 g/mol. The Morgan fingerprint density at radius 2 is 1.80 bits per heavy atom. The van der Waals surface area contributed by atoms with Crippen LogP contribution in [-0.4, -0.2) is 41.1 Å². The highest BCUT2D eigenvalue weighted by atomic mass is 79.9. The summed E-state index contributed by atoms with van der Waals surface area (Å²) in [5.74, 6) is 0. The molecule has 25 heavy (non-hydrogen) atoms. The summed E-state index contributed by atoms with van der Waals surface area (Å²) in [6.45, 7) is 9.17. The van der Waals surface area contributed by atoms with Gasteiger partial charge in [-0.15, -0.1) is 0 Å². The Kier molecular flexibility index (Phi) is 6.10. The quantitative estimate of drug-likeness (QED) is 0.736. The molecule has 1 aliphatic heterocycles. The standard InChI is InChI=1S/C20H24BrN3S/c1-15-7-8-19(16(2)13-15)22-20(25)24-11-9-23(10-12-24)14-17-5-3-4-6-18(17)21/h3-8,13H,9-12,14H2,1-2H3,(H,22,25). The molecule has 3 nitrogen and oxygen atoms in total. The van der Waals surface area contributed by atoms with Crippen LogP contribution in [0.5, 0.6) is 0 Å². The topological polar surface area (TPSA) is 18.5 Å². The maximum Gasteiger partial charge on any atom is 0.173 e. The second-order valence-electron chi connectivity index (χ2n) is 6.60. The van der Waals surface area contributed by atoms with Crippen LogP contribution in [0.4, 0.5) is 5.69 Å². The van der Waals surface area contributed by atoms with Crippen molar-refractivity contribution in [2.75, 3.05) is 31.5 Å². The van der Waals surface area contributed by atoms with Gasteiger partial charge in [0.25, 0.3) is 0 Å². The molecule has 1 fully saturated rings. The Balaban J connectivity index is 1.53. The second-order valence-corrected chi connectivity index (χ2v) is 7.84. The molecule has 0 bridgehead atoms. The highest BCUT2D eigenvalue weighted by Gasteiger charge is 2.19. The van der Waals surface area contributed by atoms with Crippen LogP contribution in [0.15, 0.2) is 46.9 Å². The highest BCUT2D eigenvalue weighted by Crippen LogP contribution is 2.20. The minimum absolute atomic E-state index is 0.826. The van der Waals surface area contributed by atoms with Crippen molar-refractivity contribution in [3.63, 3.8) is 0 Å². The monoisotopic (exact) mass is 417 g/mol. The highest BCUT2D eigenvalue weighted by molar-refractivity contribution is 9.10. The van der Waals surface area contributed by atoms with Crippen LogP contribution in [0, 0.1) is 13.8 Å². The van der Waals surface area contributed by atoms with Crippen LogP contribution in [-0.2, 0) is 6.54 Å². The summed E-state index contributed by atoms with van der Waals surface area (Å²) in [4.78, 5) is 4.75. The molecule has 0 spiro atoms. The maximum atomic E-state index is 5.63. The Labute approximate surface area is 164 Å². The average Bonchev–Trinajstić information content (AvgIpc) is 2.60. The predicted octanol–water partition coefficient (Wildman–Crippen LogP) is 4.58. The van der Waals surface area contributed by atoms with Crippen molar-refractivity contribution in [3.05, 3.63) is 63.6 Å². The molecule has 3 rings (SSSR count). The minimum atomic E-state index is 0.826. The number of nitrogens with one attached hydrogen (secondary N) is 1. The third-order valence-electron chi connectivity index (χ3n) is 4.63. The van der Waals surface area contributed by atoms with Crippen molar-refractivity contribution in [2.24, 2.45) is 0 Å². The van der Waals surface area contributed by atoms with Crippen LogP contribution in [0.2, 0.25) is 0 Å². The largest absolute Gasteiger partial charge is 0.346 e. The molecule has 0 radical (unpaired) electrons. The molecule has 132 valence electrons. The zero-order valence-corrected chi connectivity index (χ0v) is 17.2. The number of hydrogen-bond donors (Lipinski definition) is 1. The van der Waals surface area contributed by atoms with E-state index in [0.717, 1.165) is 43.5 Å². The molecule has 2 aromatic rings. The zero-order valence-electron chi connectivity index (χ0n) is 14.8. The lowest BCUT2D eigenvalue weighted by atomic mass is 10.1. The molecule has 1 aliphatic rings. The van der Waals surface area contributed by atoms with Crippen LogP contribution < -0.4 is 5.32 Å². The minimum Gasteiger partial charge on any atom is -0.346 e. The zero-order chi connectivity index (χ0) is 17.8. The molecule has 1 saturated heterocycles. The molecule has 0 atom stereocenters. The number of aryl methyl sites for hydroxylation is 2. The third-order valence-corrected chi connectivity index (χ3v) is 5.77. The molecule has 2 aromatic carbocycles. The Morgan fingerprint density at radius 3 is 2.48 bits per heavy atom. The normalized spacial score (nSPS) is 15.2. The number of thiocarbonyl (C=S) groups is 1. The van der Waals surface area contributed by atoms with Crippen molar-refractivity contribution >= 4 is 38.9 Å². The number of hydrogen-bond acceptors (Lipinski definition) is 2. The van der Waals surface area contributed by atoms with Gasteiger partial charge < -0.3 is 10.2 Å². The molecule has 0 unspecified atom stereocenters. The van der Waals surface area contributed by atoms with Crippen molar-refractivity contribution in [3.8, 4) is 0 Å². The first-order valence-electron chi connectivity index (χ1n) is 8.62. The second kappa shape index (κ2) is 8.30. The van der Waals surface area contributed by atoms with Gasteiger partial charge in [-0.25, -0.2) is 0 Å². The van der Waals surface area contributed by atoms with Crippen LogP contribution >= 0.6 is 28.1 Å². The average molecular weight is 418 g/mol. The lowest BCUT2D eigenvalue weighted by Gasteiger charge is -2.36. The Morgan fingerprint density at radius 1 is 1.08 bits per heavy atom. The van der Waals surface area contributed by atoms with E-state index in [1.807, 2.05) is 0 Å². The molecule has 1 heterocycles. The fraction of sp³-hybridized carbons (Fsp3) is 0.350. The smallest absolute Gasteiger partial charge is 0.173 e. The van der Waals surface area contributed by atoms with Gasteiger partial charge in [0.15, 0.2) is 5.11 Å². The van der Waals surface area contributed by atoms with Gasteiger partial charge >= 0.3 is 0 Å². The summed E-state index contributed by atoms with van der Waals surface area (Å²) in [5, 5.41) is 4.24. The van der Waals surface area contributed by atoms with Gasteiger partial charge in [0.1, 0.15) is 0 Å². The summed E-state index contributed by atoms with van der Waals surface area (Å²) in [5.41, 5.74) is 4.95. The molecule has 0 aromatic heterocycles. The third kappa shape index (κ3) is 4.81. The van der Waals surface area contributed by atoms with Crippen LogP contribution in [0.25, 0.3) is 0 Å². The number of anilines is 1. The fourth-order valence-corrected chi connectivity index (χ4v) is 3.83. The van der Waals surface area contributed by atoms with Gasteiger partial charge in [-0.3, -0.25) is 4.90 Å². The van der Waals surface area contributed by atoms with Crippen molar-refractivity contribution in [1.82, 2.24) is 9.80 Å². The van der Waals surface area contributed by atoms with Gasteiger partial charge in [-0.1, -0.05) is 51.8 Å². The van der Waals surface area contributed by atoms with Gasteiger partial charge in [0.05, 0.1) is 0 Å². The van der Waals surface area contributed by atoms with E-state index < -0.39 is 0 Å². The Bertz CT molecular complexity index is 754. The van der Waals surface area contributed by atoms with E-state index in [2.05, 4.69) is 87.4 Å². The first-order chi connectivity index (χ1) is 12.0. The number of halogens is 1. The molecule has 5 heteroatoms. The summed E-state index contributed by atoms with van der Waals surface area (Å²) in [6, 6.07) is 14.9. The van der Waals surface area contributed by atoms with E-state index >= 15 is 0 Å². The van der Waals surface area contributed by atoms with E-state index in [4.69, 9.17) is 12.2 Å². The SMILES string of the molecule is Cc1ccc(NC(=S)N2CCN(Cc3ccccc3Br)CC2)c(C)c1. The lowest BCUT2D eigenvalue weighted by Crippen LogP contribution is -2.49. The molecule has 0 aliphatic carbocycles. The van der Waals surface area contributed by atoms with E-state index in [-0.39, 0.29) is 0 Å². The van der Waals surface area contributed by atoms with E-state index in [0.29, 0.717) is 0 Å². The number of benzene rings is 2. The van der Waals surface area contributed by atoms with Gasteiger partial charge in [0.2, 0.25) is 0 Å². The lowest BCUT2D eigenvalue weighted by molar-refractivity contribution is 0.176. The van der Waals surface area contributed by atoms with Crippen molar-refractivity contribution in [1.29, 1.82) is 0 Å². The van der Waals surface area contributed by atoms with Gasteiger partial charge in [0, 0.05) is 42.9 Å². The summed E-state index contributed by atoms with van der Waals surface area (Å²) < 4.78 is 1.18. The Hall–Kier alpha value is -1.43. The van der Waals surface area contributed by atoms with Crippen LogP contribution in [0.1, 0.15) is 16.7 Å². The summed E-state index contributed by atoms with van der Waals surface area (Å²) in [7, 11) is 0. The summed E-state index contributed by atoms with van der Waals surface area (Å²) >= 11 is 9.27. The number of rotatable bonds is 3. The maximum absolute atomic E-state index is 5.63. The van der Waals surface area contributed by atoms with Crippen molar-refractivity contribution in [2.45, 2.75) is 20.4 Å². The molecular formula is C20H24BrN3S. The first kappa shape index (κ1) is 18.4. The fourth-order valence-electron chi connectivity index (χ4n) is 3.12. The number of nitrogens with zero attached hydrogens (tertiary/aromatic N) is 2. The number of piperazine rings is 1. The van der Waals surface area contributed by atoms with Crippen LogP contribution in [0.3, 0.4) is 0 Å². The molecule has 0 saturated carbocycles. The molecule has 0 amide bonds. The van der Waals surface area contributed by atoms with Crippen molar-refractivity contribution < 1.29 is 0 Å². The van der Waals surface area contributed by atoms with Gasteiger partial charge in [-0.2, -0.15) is 0 Å². The predicted molar refractivity (Wildman–Crippen MR) is 113 cm³/mol. The van der Waals surface area contributed by atoms with Gasteiger partial charge in [-0.05, 0) is 49.3 Å². The van der Waals surface area contributed by atoms with E-state index in [1.54, 1.807) is 0 Å². The first-order valence-corrected chi connectivity index (χ1v) is 9.82. The van der Waals surface area contributed by atoms with E-state index in [1.165, 1.54) is 21.2 Å². The van der Waals surface area contributed by atoms with E-state index in [9.17, 15) is 0 Å².